The monoisotopic (exact) mass is 270 g/mol. The molecule has 0 bridgehead atoms. The topological polar surface area (TPSA) is 60.4 Å². The molecule has 1 aromatic rings. The predicted molar refractivity (Wildman–Crippen MR) is 71.1 cm³/mol. The second-order valence-corrected chi connectivity index (χ2v) is 6.85. The van der Waals surface area contributed by atoms with Gasteiger partial charge in [-0.05, 0) is 44.0 Å². The number of ether oxygens (including phenoxy) is 1. The van der Waals surface area contributed by atoms with Gasteiger partial charge < -0.3 is 4.74 Å². The third-order valence-corrected chi connectivity index (χ3v) is 4.46. The van der Waals surface area contributed by atoms with Gasteiger partial charge in [0, 0.05) is 11.8 Å². The second kappa shape index (κ2) is 5.10. The first kappa shape index (κ1) is 14.7. The van der Waals surface area contributed by atoms with Crippen molar-refractivity contribution in [1.82, 2.24) is 0 Å². The smallest absolute Gasteiger partial charge is 0.180 e. The molecular weight excluding hydrogens is 252 g/mol. The molecule has 1 atom stereocenters. The molecule has 0 spiro atoms. The molecular formula is C13H18O4S. The summed E-state index contributed by atoms with van der Waals surface area (Å²) in [5.41, 5.74) is 2.05. The van der Waals surface area contributed by atoms with Crippen LogP contribution in [0.5, 0.6) is 5.75 Å². The Bertz CT molecular complexity index is 550. The van der Waals surface area contributed by atoms with Crippen LogP contribution in [0.25, 0.3) is 0 Å². The number of aryl methyl sites for hydroxylation is 2. The van der Waals surface area contributed by atoms with Crippen LogP contribution in [-0.2, 0) is 9.84 Å². The van der Waals surface area contributed by atoms with Gasteiger partial charge in [0.05, 0.1) is 7.11 Å². The van der Waals surface area contributed by atoms with Crippen LogP contribution in [0.15, 0.2) is 12.1 Å². The summed E-state index contributed by atoms with van der Waals surface area (Å²) in [5, 5.41) is -1.02. The Morgan fingerprint density at radius 3 is 2.00 bits per heavy atom. The van der Waals surface area contributed by atoms with Crippen molar-refractivity contribution in [2.24, 2.45) is 0 Å². The first-order valence-corrected chi connectivity index (χ1v) is 7.52. The van der Waals surface area contributed by atoms with E-state index in [2.05, 4.69) is 0 Å². The van der Waals surface area contributed by atoms with Crippen LogP contribution >= 0.6 is 0 Å². The number of hydrogen-bond donors (Lipinski definition) is 0. The van der Waals surface area contributed by atoms with Crippen molar-refractivity contribution in [1.29, 1.82) is 0 Å². The Labute approximate surface area is 108 Å². The molecule has 0 radical (unpaired) electrons. The van der Waals surface area contributed by atoms with Crippen molar-refractivity contribution in [3.63, 3.8) is 0 Å². The maximum absolute atomic E-state index is 12.1. The molecule has 0 heterocycles. The van der Waals surface area contributed by atoms with Crippen LogP contribution in [0.4, 0.5) is 0 Å². The van der Waals surface area contributed by atoms with E-state index >= 15 is 0 Å². The van der Waals surface area contributed by atoms with Gasteiger partial charge in [-0.1, -0.05) is 0 Å². The minimum Gasteiger partial charge on any atom is -0.496 e. The maximum atomic E-state index is 12.1. The molecule has 0 aromatic heterocycles. The van der Waals surface area contributed by atoms with Crippen molar-refractivity contribution in [2.45, 2.75) is 26.0 Å². The van der Waals surface area contributed by atoms with E-state index in [1.807, 2.05) is 13.8 Å². The highest BCUT2D eigenvalue weighted by Crippen LogP contribution is 2.25. The van der Waals surface area contributed by atoms with E-state index in [0.717, 1.165) is 23.1 Å². The lowest BCUT2D eigenvalue weighted by Gasteiger charge is -2.13. The van der Waals surface area contributed by atoms with Crippen LogP contribution < -0.4 is 4.74 Å². The fourth-order valence-corrected chi connectivity index (χ4v) is 2.37. The van der Waals surface area contributed by atoms with E-state index < -0.39 is 15.1 Å². The molecule has 0 aliphatic carbocycles. The second-order valence-electron chi connectivity index (χ2n) is 4.48. The molecule has 0 aliphatic rings. The zero-order chi connectivity index (χ0) is 14.1. The van der Waals surface area contributed by atoms with Gasteiger partial charge in [0.15, 0.2) is 15.6 Å². The van der Waals surface area contributed by atoms with Gasteiger partial charge in [-0.15, -0.1) is 0 Å². The lowest BCUT2D eigenvalue weighted by atomic mass is 10.0. The van der Waals surface area contributed by atoms with E-state index in [4.69, 9.17) is 4.74 Å². The molecule has 0 saturated carbocycles. The number of rotatable bonds is 4. The Kier molecular flexibility index (Phi) is 4.16. The third kappa shape index (κ3) is 2.90. The number of benzene rings is 1. The molecule has 18 heavy (non-hydrogen) atoms. The molecule has 1 unspecified atom stereocenters. The standard InChI is InChI=1S/C13H18O4S/c1-8-6-11(7-9(2)13(8)17-4)12(14)10(3)18(5,15)16/h6-7,10H,1-5H3. The number of hydrogen-bond acceptors (Lipinski definition) is 4. The summed E-state index contributed by atoms with van der Waals surface area (Å²) in [7, 11) is -1.81. The summed E-state index contributed by atoms with van der Waals surface area (Å²) in [5.74, 6) is 0.338. The quantitative estimate of drug-likeness (QED) is 0.784. The summed E-state index contributed by atoms with van der Waals surface area (Å²) in [6.45, 7) is 5.06. The minimum atomic E-state index is -3.37. The Balaban J connectivity index is 3.24. The first-order valence-electron chi connectivity index (χ1n) is 5.56. The summed E-state index contributed by atoms with van der Waals surface area (Å²) in [4.78, 5) is 12.1. The molecule has 0 fully saturated rings. The third-order valence-electron chi connectivity index (χ3n) is 2.96. The summed E-state index contributed by atoms with van der Waals surface area (Å²) < 4.78 is 28.0. The molecule has 5 heteroatoms. The average Bonchev–Trinajstić information content (AvgIpc) is 2.25. The zero-order valence-corrected chi connectivity index (χ0v) is 12.1. The summed E-state index contributed by atoms with van der Waals surface area (Å²) in [6.07, 6.45) is 1.07. The summed E-state index contributed by atoms with van der Waals surface area (Å²) >= 11 is 0. The number of sulfone groups is 1. The van der Waals surface area contributed by atoms with Crippen molar-refractivity contribution in [2.75, 3.05) is 13.4 Å². The molecule has 4 nitrogen and oxygen atoms in total. The Morgan fingerprint density at radius 1 is 1.22 bits per heavy atom. The predicted octanol–water partition coefficient (Wildman–Crippen LogP) is 1.93. The van der Waals surface area contributed by atoms with Gasteiger partial charge in [-0.3, -0.25) is 4.79 Å². The SMILES string of the molecule is COc1c(C)cc(C(=O)C(C)S(C)(=O)=O)cc1C. The van der Waals surface area contributed by atoms with E-state index in [1.54, 1.807) is 19.2 Å². The van der Waals surface area contributed by atoms with Crippen LogP contribution in [0, 0.1) is 13.8 Å². The van der Waals surface area contributed by atoms with Gasteiger partial charge in [0.25, 0.3) is 0 Å². The molecule has 100 valence electrons. The number of carbonyl (C=O) groups is 1. The van der Waals surface area contributed by atoms with Gasteiger partial charge in [0.2, 0.25) is 0 Å². The summed E-state index contributed by atoms with van der Waals surface area (Å²) in [6, 6.07) is 3.33. The number of ketones is 1. The maximum Gasteiger partial charge on any atom is 0.180 e. The largest absolute Gasteiger partial charge is 0.496 e. The minimum absolute atomic E-state index is 0.383. The lowest BCUT2D eigenvalue weighted by molar-refractivity contribution is 0.0991. The fraction of sp³-hybridized carbons (Fsp3) is 0.462. The van der Waals surface area contributed by atoms with Crippen molar-refractivity contribution < 1.29 is 17.9 Å². The fourth-order valence-electron chi connectivity index (χ4n) is 1.84. The van der Waals surface area contributed by atoms with Gasteiger partial charge in [-0.2, -0.15) is 0 Å². The van der Waals surface area contributed by atoms with E-state index in [0.29, 0.717) is 5.56 Å². The van der Waals surface area contributed by atoms with Gasteiger partial charge >= 0.3 is 0 Å². The van der Waals surface area contributed by atoms with Crippen molar-refractivity contribution >= 4 is 15.6 Å². The van der Waals surface area contributed by atoms with Crippen LogP contribution in [0.2, 0.25) is 0 Å². The first-order chi connectivity index (χ1) is 8.18. The average molecular weight is 270 g/mol. The zero-order valence-electron chi connectivity index (χ0n) is 11.3. The highest BCUT2D eigenvalue weighted by atomic mass is 32.2. The van der Waals surface area contributed by atoms with E-state index in [-0.39, 0.29) is 5.78 Å². The number of Topliss-reactive ketones (excluding diaryl/α,β-unsaturated/α-hetero) is 1. The molecule has 0 amide bonds. The van der Waals surface area contributed by atoms with E-state index in [1.165, 1.54) is 6.92 Å². The highest BCUT2D eigenvalue weighted by Gasteiger charge is 2.25. The lowest BCUT2D eigenvalue weighted by Crippen LogP contribution is -2.26. The van der Waals surface area contributed by atoms with Crippen LogP contribution in [0.1, 0.15) is 28.4 Å². The molecule has 0 saturated heterocycles. The molecule has 1 rings (SSSR count). The van der Waals surface area contributed by atoms with Crippen LogP contribution in [0.3, 0.4) is 0 Å². The van der Waals surface area contributed by atoms with Crippen molar-refractivity contribution in [3.8, 4) is 5.75 Å². The number of carbonyl (C=O) groups excluding carboxylic acids is 1. The Morgan fingerprint density at radius 2 is 1.67 bits per heavy atom. The van der Waals surface area contributed by atoms with E-state index in [9.17, 15) is 13.2 Å². The molecule has 0 aliphatic heterocycles. The highest BCUT2D eigenvalue weighted by molar-refractivity contribution is 7.92. The number of methoxy groups -OCH3 is 1. The molecule has 0 N–H and O–H groups in total. The Hall–Kier alpha value is -1.36. The van der Waals surface area contributed by atoms with Crippen LogP contribution in [-0.4, -0.2) is 32.8 Å². The van der Waals surface area contributed by atoms with Gasteiger partial charge in [0.1, 0.15) is 11.0 Å². The van der Waals surface area contributed by atoms with Crippen molar-refractivity contribution in [3.05, 3.63) is 28.8 Å². The normalized spacial score (nSPS) is 13.2. The van der Waals surface area contributed by atoms with Gasteiger partial charge in [-0.25, -0.2) is 8.42 Å². The molecule has 1 aromatic carbocycles.